The molecule has 0 radical (unpaired) electrons. The number of pyridine rings is 1. The fourth-order valence-electron chi connectivity index (χ4n) is 2.82. The van der Waals surface area contributed by atoms with Crippen molar-refractivity contribution >= 4 is 27.4 Å². The van der Waals surface area contributed by atoms with Crippen molar-refractivity contribution in [3.63, 3.8) is 0 Å². The van der Waals surface area contributed by atoms with Gasteiger partial charge >= 0.3 is 0 Å². The van der Waals surface area contributed by atoms with Crippen molar-refractivity contribution in [1.82, 2.24) is 9.71 Å². The Morgan fingerprint density at radius 1 is 1.25 bits per heavy atom. The molecule has 24 heavy (non-hydrogen) atoms. The molecule has 0 atom stereocenters. The Morgan fingerprint density at radius 3 is 2.75 bits per heavy atom. The van der Waals surface area contributed by atoms with Gasteiger partial charge in [-0.3, -0.25) is 0 Å². The van der Waals surface area contributed by atoms with E-state index in [1.54, 1.807) is 31.3 Å². The van der Waals surface area contributed by atoms with E-state index >= 15 is 0 Å². The van der Waals surface area contributed by atoms with Crippen molar-refractivity contribution in [3.05, 3.63) is 52.7 Å². The molecule has 1 aromatic heterocycles. The highest BCUT2D eigenvalue weighted by molar-refractivity contribution is 7.89. The molecule has 128 valence electrons. The maximum atomic E-state index is 12.5. The minimum Gasteiger partial charge on any atom is -0.357 e. The average Bonchev–Trinajstić information content (AvgIpc) is 3.10. The van der Waals surface area contributed by atoms with Gasteiger partial charge in [-0.15, -0.1) is 0 Å². The predicted molar refractivity (Wildman–Crippen MR) is 95.9 cm³/mol. The Hall–Kier alpha value is -1.63. The van der Waals surface area contributed by atoms with E-state index in [4.69, 9.17) is 11.6 Å². The second-order valence-corrected chi connectivity index (χ2v) is 8.05. The van der Waals surface area contributed by atoms with Gasteiger partial charge in [-0.1, -0.05) is 17.7 Å². The number of anilines is 1. The maximum absolute atomic E-state index is 12.5. The van der Waals surface area contributed by atoms with Gasteiger partial charge in [0.2, 0.25) is 10.0 Å². The second kappa shape index (κ2) is 7.09. The molecule has 0 bridgehead atoms. The molecular weight excluding hydrogens is 346 g/mol. The first-order chi connectivity index (χ1) is 11.5. The first-order valence-electron chi connectivity index (χ1n) is 7.92. The van der Waals surface area contributed by atoms with E-state index in [2.05, 4.69) is 14.6 Å². The lowest BCUT2D eigenvalue weighted by molar-refractivity contribution is 0.580. The Morgan fingerprint density at radius 2 is 2.00 bits per heavy atom. The van der Waals surface area contributed by atoms with Gasteiger partial charge in [0.1, 0.15) is 5.82 Å². The van der Waals surface area contributed by atoms with E-state index in [-0.39, 0.29) is 11.4 Å². The lowest BCUT2D eigenvalue weighted by Crippen LogP contribution is -2.24. The van der Waals surface area contributed by atoms with Crippen LogP contribution in [0.2, 0.25) is 5.02 Å². The standard InChI is InChI=1S/C17H20ClN3O2S/c1-13-15(18)5-4-6-16(13)24(22,23)20-12-14-7-8-19-17(11-14)21-9-2-3-10-21/h4-8,11,20H,2-3,9-10,12H2,1H3. The highest BCUT2D eigenvalue weighted by Gasteiger charge is 2.18. The fourth-order valence-corrected chi connectivity index (χ4v) is 4.34. The highest BCUT2D eigenvalue weighted by Crippen LogP contribution is 2.23. The summed E-state index contributed by atoms with van der Waals surface area (Å²) < 4.78 is 27.7. The number of rotatable bonds is 5. The summed E-state index contributed by atoms with van der Waals surface area (Å²) in [5, 5.41) is 0.443. The normalized spacial score (nSPS) is 15.0. The van der Waals surface area contributed by atoms with Crippen molar-refractivity contribution in [2.45, 2.75) is 31.2 Å². The molecule has 1 N–H and O–H groups in total. The van der Waals surface area contributed by atoms with Crippen LogP contribution in [0.4, 0.5) is 5.82 Å². The monoisotopic (exact) mass is 365 g/mol. The largest absolute Gasteiger partial charge is 0.357 e. The van der Waals surface area contributed by atoms with E-state index in [9.17, 15) is 8.42 Å². The van der Waals surface area contributed by atoms with Crippen molar-refractivity contribution in [3.8, 4) is 0 Å². The van der Waals surface area contributed by atoms with Crippen molar-refractivity contribution in [1.29, 1.82) is 0 Å². The summed E-state index contributed by atoms with van der Waals surface area (Å²) in [7, 11) is -3.61. The molecule has 2 aromatic rings. The van der Waals surface area contributed by atoms with Crippen LogP contribution in [0, 0.1) is 6.92 Å². The summed E-state index contributed by atoms with van der Waals surface area (Å²) in [6, 6.07) is 8.65. The van der Waals surface area contributed by atoms with Crippen molar-refractivity contribution in [2.75, 3.05) is 18.0 Å². The number of hydrogen-bond donors (Lipinski definition) is 1. The Labute approximate surface area is 147 Å². The number of sulfonamides is 1. The van der Waals surface area contributed by atoms with Gasteiger partial charge < -0.3 is 4.90 Å². The summed E-state index contributed by atoms with van der Waals surface area (Å²) >= 11 is 6.02. The molecule has 0 spiro atoms. The Balaban J connectivity index is 1.75. The van der Waals surface area contributed by atoms with E-state index in [0.717, 1.165) is 24.5 Å². The van der Waals surface area contributed by atoms with Gasteiger partial charge in [0.05, 0.1) is 4.90 Å². The molecule has 0 unspecified atom stereocenters. The van der Waals surface area contributed by atoms with Crippen LogP contribution in [0.3, 0.4) is 0 Å². The molecule has 1 fully saturated rings. The van der Waals surface area contributed by atoms with E-state index in [1.165, 1.54) is 12.8 Å². The third kappa shape index (κ3) is 3.71. The number of hydrogen-bond acceptors (Lipinski definition) is 4. The van der Waals surface area contributed by atoms with Crippen molar-refractivity contribution < 1.29 is 8.42 Å². The quantitative estimate of drug-likeness (QED) is 0.884. The molecule has 2 heterocycles. The lowest BCUT2D eigenvalue weighted by Gasteiger charge is -2.17. The summed E-state index contributed by atoms with van der Waals surface area (Å²) in [5.41, 5.74) is 1.44. The van der Waals surface area contributed by atoms with E-state index < -0.39 is 10.0 Å². The minimum atomic E-state index is -3.61. The maximum Gasteiger partial charge on any atom is 0.241 e. The molecule has 1 saturated heterocycles. The van der Waals surface area contributed by atoms with Gasteiger partial charge in [0.15, 0.2) is 0 Å². The van der Waals surface area contributed by atoms with Gasteiger partial charge in [0.25, 0.3) is 0 Å². The Kier molecular flexibility index (Phi) is 5.08. The van der Waals surface area contributed by atoms with Crippen LogP contribution >= 0.6 is 11.6 Å². The molecule has 0 amide bonds. The number of halogens is 1. The average molecular weight is 366 g/mol. The van der Waals surface area contributed by atoms with Crippen LogP contribution in [0.5, 0.6) is 0 Å². The molecule has 0 saturated carbocycles. The summed E-state index contributed by atoms with van der Waals surface area (Å²) in [4.78, 5) is 6.81. The number of aromatic nitrogens is 1. The van der Waals surface area contributed by atoms with Crippen LogP contribution in [-0.2, 0) is 16.6 Å². The van der Waals surface area contributed by atoms with Crippen LogP contribution in [0.1, 0.15) is 24.0 Å². The SMILES string of the molecule is Cc1c(Cl)cccc1S(=O)(=O)NCc1ccnc(N2CCCC2)c1. The summed E-state index contributed by atoms with van der Waals surface area (Å²) in [6.45, 7) is 3.93. The Bertz CT molecular complexity index is 833. The summed E-state index contributed by atoms with van der Waals surface area (Å²) in [6.07, 6.45) is 4.07. The second-order valence-electron chi connectivity index (χ2n) is 5.90. The number of benzene rings is 1. The zero-order chi connectivity index (χ0) is 17.2. The highest BCUT2D eigenvalue weighted by atomic mass is 35.5. The predicted octanol–water partition coefficient (Wildman–Crippen LogP) is 3.12. The molecule has 1 aromatic carbocycles. The van der Waals surface area contributed by atoms with Crippen LogP contribution < -0.4 is 9.62 Å². The molecule has 7 heteroatoms. The zero-order valence-electron chi connectivity index (χ0n) is 13.5. The topological polar surface area (TPSA) is 62.3 Å². The molecule has 0 aliphatic carbocycles. The van der Waals surface area contributed by atoms with Crippen molar-refractivity contribution in [2.24, 2.45) is 0 Å². The van der Waals surface area contributed by atoms with Crippen LogP contribution in [-0.4, -0.2) is 26.5 Å². The third-order valence-corrected chi connectivity index (χ3v) is 6.17. The molecule has 1 aliphatic heterocycles. The van der Waals surface area contributed by atoms with Crippen LogP contribution in [0.25, 0.3) is 0 Å². The fraction of sp³-hybridized carbons (Fsp3) is 0.353. The smallest absolute Gasteiger partial charge is 0.241 e. The lowest BCUT2D eigenvalue weighted by atomic mass is 10.2. The molecule has 5 nitrogen and oxygen atoms in total. The van der Waals surface area contributed by atoms with Crippen LogP contribution in [0.15, 0.2) is 41.4 Å². The molecule has 3 rings (SSSR count). The first kappa shape index (κ1) is 17.2. The molecule has 1 aliphatic rings. The van der Waals surface area contributed by atoms with Gasteiger partial charge in [-0.25, -0.2) is 18.1 Å². The van der Waals surface area contributed by atoms with Gasteiger partial charge in [0, 0.05) is 30.9 Å². The third-order valence-electron chi connectivity index (χ3n) is 4.21. The minimum absolute atomic E-state index is 0.212. The first-order valence-corrected chi connectivity index (χ1v) is 9.78. The van der Waals surface area contributed by atoms with E-state index in [1.807, 2.05) is 12.1 Å². The molecular formula is C17H20ClN3O2S. The van der Waals surface area contributed by atoms with Gasteiger partial charge in [-0.05, 0) is 55.2 Å². The number of nitrogens with one attached hydrogen (secondary N) is 1. The zero-order valence-corrected chi connectivity index (χ0v) is 15.1. The number of nitrogens with zero attached hydrogens (tertiary/aromatic N) is 2. The van der Waals surface area contributed by atoms with E-state index in [0.29, 0.717) is 10.6 Å². The summed E-state index contributed by atoms with van der Waals surface area (Å²) in [5.74, 6) is 0.906. The van der Waals surface area contributed by atoms with Gasteiger partial charge in [-0.2, -0.15) is 0 Å².